The summed E-state index contributed by atoms with van der Waals surface area (Å²) < 4.78 is 0. The van der Waals surface area contributed by atoms with Crippen molar-refractivity contribution in [3.8, 4) is 0 Å². The summed E-state index contributed by atoms with van der Waals surface area (Å²) >= 11 is 0. The number of benzene rings is 1. The first kappa shape index (κ1) is 12.0. The van der Waals surface area contributed by atoms with Crippen LogP contribution < -0.4 is 16.3 Å². The first-order valence-electron chi connectivity index (χ1n) is 6.46. The van der Waals surface area contributed by atoms with E-state index in [-0.39, 0.29) is 17.6 Å². The fourth-order valence-electron chi connectivity index (χ4n) is 2.41. The zero-order valence-electron chi connectivity index (χ0n) is 10.5. The van der Waals surface area contributed by atoms with Crippen molar-refractivity contribution in [1.29, 1.82) is 0 Å². The minimum atomic E-state index is -0.258. The van der Waals surface area contributed by atoms with Crippen LogP contribution in [0, 0.1) is 0 Å². The van der Waals surface area contributed by atoms with Crippen LogP contribution in [0.1, 0.15) is 23.2 Å². The van der Waals surface area contributed by atoms with Crippen LogP contribution in [0.25, 0.3) is 11.0 Å². The first-order chi connectivity index (χ1) is 9.22. The topological polar surface area (TPSA) is 89.8 Å². The summed E-state index contributed by atoms with van der Waals surface area (Å²) in [7, 11) is 0. The normalized spacial score (nSPS) is 16.6. The molecule has 6 nitrogen and oxygen atoms in total. The molecule has 0 spiro atoms. The number of nitrogens with one attached hydrogen (secondary N) is 4. The smallest absolute Gasteiger partial charge is 0.323 e. The van der Waals surface area contributed by atoms with E-state index in [1.54, 1.807) is 18.2 Å². The Hall–Kier alpha value is -2.08. The number of piperidine rings is 1. The van der Waals surface area contributed by atoms with E-state index >= 15 is 0 Å². The Bertz CT molecular complexity index is 652. The molecule has 2 aromatic rings. The van der Waals surface area contributed by atoms with E-state index in [4.69, 9.17) is 0 Å². The highest BCUT2D eigenvalue weighted by atomic mass is 16.2. The SMILES string of the molecule is O=C(NC1CCNCC1)c1ccc2[nH]c(=O)[nH]c2c1. The zero-order chi connectivity index (χ0) is 13.2. The van der Waals surface area contributed by atoms with Gasteiger partial charge < -0.3 is 20.6 Å². The first-order valence-corrected chi connectivity index (χ1v) is 6.46. The van der Waals surface area contributed by atoms with Gasteiger partial charge in [0.1, 0.15) is 0 Å². The highest BCUT2D eigenvalue weighted by Gasteiger charge is 2.16. The Morgan fingerprint density at radius 1 is 1.16 bits per heavy atom. The standard InChI is InChI=1S/C13H16N4O2/c18-12(15-9-3-5-14-6-4-9)8-1-2-10-11(7-8)17-13(19)16-10/h1-2,7,9,14H,3-6H2,(H,15,18)(H2,16,17,19). The molecule has 0 atom stereocenters. The van der Waals surface area contributed by atoms with Crippen LogP contribution in [0.15, 0.2) is 23.0 Å². The van der Waals surface area contributed by atoms with Crippen molar-refractivity contribution in [3.63, 3.8) is 0 Å². The number of hydrogen-bond acceptors (Lipinski definition) is 3. The zero-order valence-corrected chi connectivity index (χ0v) is 10.5. The molecule has 6 heteroatoms. The second-order valence-corrected chi connectivity index (χ2v) is 4.84. The maximum atomic E-state index is 12.1. The van der Waals surface area contributed by atoms with E-state index < -0.39 is 0 Å². The van der Waals surface area contributed by atoms with Gasteiger partial charge in [0, 0.05) is 11.6 Å². The lowest BCUT2D eigenvalue weighted by Gasteiger charge is -2.23. The Morgan fingerprint density at radius 2 is 1.89 bits per heavy atom. The van der Waals surface area contributed by atoms with Gasteiger partial charge >= 0.3 is 5.69 Å². The molecule has 1 aromatic carbocycles. The second kappa shape index (κ2) is 4.89. The molecule has 4 N–H and O–H groups in total. The van der Waals surface area contributed by atoms with Crippen LogP contribution in [0.5, 0.6) is 0 Å². The van der Waals surface area contributed by atoms with Gasteiger partial charge in [-0.3, -0.25) is 4.79 Å². The summed E-state index contributed by atoms with van der Waals surface area (Å²) in [4.78, 5) is 28.6. The number of H-pyrrole nitrogens is 2. The van der Waals surface area contributed by atoms with Gasteiger partial charge in [0.15, 0.2) is 0 Å². The van der Waals surface area contributed by atoms with Crippen molar-refractivity contribution in [2.45, 2.75) is 18.9 Å². The van der Waals surface area contributed by atoms with Gasteiger partial charge in [-0.15, -0.1) is 0 Å². The molecule has 1 aliphatic heterocycles. The average molecular weight is 260 g/mol. The fraction of sp³-hybridized carbons (Fsp3) is 0.385. The van der Waals surface area contributed by atoms with Crippen LogP contribution in [0.3, 0.4) is 0 Å². The third kappa shape index (κ3) is 2.53. The molecule has 2 heterocycles. The summed E-state index contributed by atoms with van der Waals surface area (Å²) in [6.07, 6.45) is 1.91. The van der Waals surface area contributed by atoms with Crippen molar-refractivity contribution < 1.29 is 4.79 Å². The molecule has 1 fully saturated rings. The van der Waals surface area contributed by atoms with Gasteiger partial charge in [-0.05, 0) is 44.1 Å². The minimum Gasteiger partial charge on any atom is -0.349 e. The maximum absolute atomic E-state index is 12.1. The monoisotopic (exact) mass is 260 g/mol. The summed E-state index contributed by atoms with van der Waals surface area (Å²) in [6, 6.07) is 5.39. The number of imidazole rings is 1. The lowest BCUT2D eigenvalue weighted by atomic mass is 10.1. The van der Waals surface area contributed by atoms with Crippen LogP contribution in [0.4, 0.5) is 0 Å². The van der Waals surface area contributed by atoms with Crippen LogP contribution >= 0.6 is 0 Å². The Kier molecular flexibility index (Phi) is 3.08. The van der Waals surface area contributed by atoms with Crippen LogP contribution in [-0.4, -0.2) is 35.0 Å². The van der Waals surface area contributed by atoms with E-state index in [0.717, 1.165) is 25.9 Å². The number of carbonyl (C=O) groups is 1. The van der Waals surface area contributed by atoms with Gasteiger partial charge in [-0.25, -0.2) is 4.79 Å². The third-order valence-electron chi connectivity index (χ3n) is 3.45. The van der Waals surface area contributed by atoms with Crippen molar-refractivity contribution in [1.82, 2.24) is 20.6 Å². The highest BCUT2D eigenvalue weighted by Crippen LogP contribution is 2.11. The molecule has 3 rings (SSSR count). The van der Waals surface area contributed by atoms with Gasteiger partial charge in [0.2, 0.25) is 0 Å². The number of rotatable bonds is 2. The second-order valence-electron chi connectivity index (χ2n) is 4.84. The van der Waals surface area contributed by atoms with E-state index in [1.807, 2.05) is 0 Å². The molecule has 1 aromatic heterocycles. The van der Waals surface area contributed by atoms with Crippen LogP contribution in [-0.2, 0) is 0 Å². The molecule has 0 unspecified atom stereocenters. The molecule has 1 amide bonds. The molecule has 0 bridgehead atoms. The molecule has 0 radical (unpaired) electrons. The predicted molar refractivity (Wildman–Crippen MR) is 72.3 cm³/mol. The molecule has 0 saturated carbocycles. The largest absolute Gasteiger partial charge is 0.349 e. The molecule has 19 heavy (non-hydrogen) atoms. The predicted octanol–water partition coefficient (Wildman–Crippen LogP) is 0.338. The lowest BCUT2D eigenvalue weighted by Crippen LogP contribution is -2.42. The van der Waals surface area contributed by atoms with Crippen molar-refractivity contribution in [3.05, 3.63) is 34.2 Å². The van der Waals surface area contributed by atoms with E-state index in [1.165, 1.54) is 0 Å². The maximum Gasteiger partial charge on any atom is 0.323 e. The Labute approximate surface area is 109 Å². The lowest BCUT2D eigenvalue weighted by molar-refractivity contribution is 0.0929. The number of hydrogen-bond donors (Lipinski definition) is 4. The molecular formula is C13H16N4O2. The van der Waals surface area contributed by atoms with Crippen molar-refractivity contribution >= 4 is 16.9 Å². The number of aromatic nitrogens is 2. The Balaban J connectivity index is 1.78. The Morgan fingerprint density at radius 3 is 2.68 bits per heavy atom. The summed E-state index contributed by atoms with van der Waals surface area (Å²) in [5.74, 6) is -0.0872. The van der Waals surface area contributed by atoms with E-state index in [9.17, 15) is 9.59 Å². The summed E-state index contributed by atoms with van der Waals surface area (Å²) in [5, 5.41) is 6.29. The van der Waals surface area contributed by atoms with Gasteiger partial charge in [-0.2, -0.15) is 0 Å². The van der Waals surface area contributed by atoms with Crippen molar-refractivity contribution in [2.24, 2.45) is 0 Å². The average Bonchev–Trinajstić information content (AvgIpc) is 2.78. The quantitative estimate of drug-likeness (QED) is 0.627. The van der Waals surface area contributed by atoms with Gasteiger partial charge in [0.25, 0.3) is 5.91 Å². The number of carbonyl (C=O) groups excluding carboxylic acids is 1. The summed E-state index contributed by atoms with van der Waals surface area (Å²) in [5.41, 5.74) is 1.68. The van der Waals surface area contributed by atoms with Crippen molar-refractivity contribution in [2.75, 3.05) is 13.1 Å². The van der Waals surface area contributed by atoms with E-state index in [0.29, 0.717) is 16.6 Å². The van der Waals surface area contributed by atoms with Crippen LogP contribution in [0.2, 0.25) is 0 Å². The number of amides is 1. The number of aromatic amines is 2. The fourth-order valence-corrected chi connectivity index (χ4v) is 2.41. The molecule has 1 aliphatic rings. The number of fused-ring (bicyclic) bond motifs is 1. The molecular weight excluding hydrogens is 244 g/mol. The minimum absolute atomic E-state index is 0.0872. The third-order valence-corrected chi connectivity index (χ3v) is 3.45. The van der Waals surface area contributed by atoms with Gasteiger partial charge in [-0.1, -0.05) is 0 Å². The van der Waals surface area contributed by atoms with E-state index in [2.05, 4.69) is 20.6 Å². The summed E-state index contributed by atoms with van der Waals surface area (Å²) in [6.45, 7) is 1.88. The van der Waals surface area contributed by atoms with Gasteiger partial charge in [0.05, 0.1) is 11.0 Å². The molecule has 1 saturated heterocycles. The molecule has 100 valence electrons. The highest BCUT2D eigenvalue weighted by molar-refractivity contribution is 5.97. The molecule has 0 aliphatic carbocycles.